The molecule has 2 aliphatic rings. The number of carbonyl (C=O) groups excluding carboxylic acids is 2. The number of hydrogen-bond donors (Lipinski definition) is 1. The molecule has 7 nitrogen and oxygen atoms in total. The van der Waals surface area contributed by atoms with E-state index >= 15 is 0 Å². The van der Waals surface area contributed by atoms with Gasteiger partial charge in [0.1, 0.15) is 30.4 Å². The number of carboxylic acid groups (broad SMARTS) is 1. The number of β-lactam (4-membered cyclic amide) rings is 1. The molecule has 0 bridgehead atoms. The number of nitrogens with two attached hydrogens (primary N) is 1. The van der Waals surface area contributed by atoms with Crippen LogP contribution >= 0.6 is 11.8 Å². The molecule has 0 aromatic carbocycles. The molecule has 2 aromatic rings. The van der Waals surface area contributed by atoms with E-state index in [9.17, 15) is 14.7 Å². The molecule has 8 heteroatoms. The minimum absolute atomic E-state index is 0.0248. The van der Waals surface area contributed by atoms with Crippen molar-refractivity contribution in [2.75, 3.05) is 5.75 Å². The Labute approximate surface area is 136 Å². The zero-order valence-electron chi connectivity index (χ0n) is 12.1. The normalized spacial score (nSPS) is 23.9. The molecule has 0 unspecified atom stereocenters. The highest BCUT2D eigenvalue weighted by Gasteiger charge is 2.50. The fourth-order valence-electron chi connectivity index (χ4n) is 3.07. The molecular formula is C15H14N4O3S. The number of pyridine rings is 1. The fourth-order valence-corrected chi connectivity index (χ4v) is 4.36. The second-order valence-corrected chi connectivity index (χ2v) is 6.67. The van der Waals surface area contributed by atoms with Crippen LogP contribution in [0.1, 0.15) is 0 Å². The van der Waals surface area contributed by atoms with E-state index < -0.39 is 12.0 Å². The predicted octanol–water partition coefficient (Wildman–Crippen LogP) is -1.53. The lowest BCUT2D eigenvalue weighted by Crippen LogP contribution is -2.69. The van der Waals surface area contributed by atoms with Gasteiger partial charge < -0.3 is 15.6 Å². The van der Waals surface area contributed by atoms with Gasteiger partial charge >= 0.3 is 0 Å². The summed E-state index contributed by atoms with van der Waals surface area (Å²) < 4.78 is 3.89. The smallest absolute Gasteiger partial charge is 0.286 e. The van der Waals surface area contributed by atoms with E-state index in [1.165, 1.54) is 16.7 Å². The molecule has 23 heavy (non-hydrogen) atoms. The van der Waals surface area contributed by atoms with E-state index in [4.69, 9.17) is 5.73 Å². The van der Waals surface area contributed by atoms with Gasteiger partial charge in [0.05, 0.1) is 17.9 Å². The highest BCUT2D eigenvalue weighted by Crippen LogP contribution is 2.39. The number of aliphatic carboxylic acids is 1. The molecule has 4 rings (SSSR count). The largest absolute Gasteiger partial charge is 0.543 e. The van der Waals surface area contributed by atoms with Crippen LogP contribution in [-0.4, -0.2) is 38.5 Å². The third kappa shape index (κ3) is 2.06. The van der Waals surface area contributed by atoms with Crippen LogP contribution in [0, 0.1) is 0 Å². The van der Waals surface area contributed by atoms with Crippen molar-refractivity contribution in [3.8, 4) is 0 Å². The number of carbonyl (C=O) groups is 2. The quantitative estimate of drug-likeness (QED) is 0.544. The summed E-state index contributed by atoms with van der Waals surface area (Å²) >= 11 is 1.49. The minimum atomic E-state index is -1.32. The van der Waals surface area contributed by atoms with E-state index in [-0.39, 0.29) is 17.0 Å². The van der Waals surface area contributed by atoms with Crippen molar-refractivity contribution in [1.82, 2.24) is 9.47 Å². The van der Waals surface area contributed by atoms with Crippen molar-refractivity contribution >= 4 is 29.3 Å². The molecule has 2 aliphatic heterocycles. The molecule has 1 saturated heterocycles. The zero-order valence-corrected chi connectivity index (χ0v) is 12.9. The summed E-state index contributed by atoms with van der Waals surface area (Å²) in [4.78, 5) is 24.8. The number of thioether (sulfide) groups is 1. The molecule has 0 aliphatic carbocycles. The summed E-state index contributed by atoms with van der Waals surface area (Å²) in [7, 11) is 0. The Bertz CT molecular complexity index is 859. The molecule has 2 N–H and O–H groups in total. The molecule has 0 radical (unpaired) electrons. The monoisotopic (exact) mass is 330 g/mol. The van der Waals surface area contributed by atoms with Gasteiger partial charge in [-0.2, -0.15) is 0 Å². The first-order chi connectivity index (χ1) is 11.1. The van der Waals surface area contributed by atoms with Crippen LogP contribution in [0.3, 0.4) is 0 Å². The Hall–Kier alpha value is -2.32. The van der Waals surface area contributed by atoms with Crippen molar-refractivity contribution in [2.45, 2.75) is 18.0 Å². The third-order valence-electron chi connectivity index (χ3n) is 4.21. The molecule has 2 aromatic heterocycles. The Morgan fingerprint density at radius 1 is 1.43 bits per heavy atom. The van der Waals surface area contributed by atoms with Gasteiger partial charge in [0, 0.05) is 17.4 Å². The van der Waals surface area contributed by atoms with Crippen LogP contribution < -0.4 is 15.2 Å². The molecule has 118 valence electrons. The van der Waals surface area contributed by atoms with E-state index in [0.29, 0.717) is 17.9 Å². The summed E-state index contributed by atoms with van der Waals surface area (Å²) in [6.45, 7) is 0.391. The Morgan fingerprint density at radius 2 is 2.26 bits per heavy atom. The van der Waals surface area contributed by atoms with Crippen molar-refractivity contribution in [3.63, 3.8) is 0 Å². The zero-order chi connectivity index (χ0) is 16.1. The summed E-state index contributed by atoms with van der Waals surface area (Å²) in [5, 5.41) is 11.3. The maximum atomic E-state index is 11.9. The topological polar surface area (TPSA) is 95.5 Å². The lowest BCUT2D eigenvalue weighted by molar-refractivity contribution is -0.510. The van der Waals surface area contributed by atoms with E-state index in [0.717, 1.165) is 5.65 Å². The van der Waals surface area contributed by atoms with Crippen LogP contribution in [0.15, 0.2) is 48.1 Å². The lowest BCUT2D eigenvalue weighted by atomic mass is 10.0. The van der Waals surface area contributed by atoms with E-state index in [2.05, 4.69) is 0 Å². The van der Waals surface area contributed by atoms with Crippen molar-refractivity contribution in [1.29, 1.82) is 0 Å². The Kier molecular flexibility index (Phi) is 3.17. The maximum absolute atomic E-state index is 11.9. The van der Waals surface area contributed by atoms with E-state index in [1.54, 1.807) is 0 Å². The van der Waals surface area contributed by atoms with Gasteiger partial charge in [0.25, 0.3) is 5.65 Å². The number of hydrogen-bond acceptors (Lipinski definition) is 5. The first-order valence-electron chi connectivity index (χ1n) is 7.16. The standard InChI is InChI=1S/C15H14N4O3S/c16-11-13(20)19-12(15(21)22)9(8-23-14(11)19)7-18-6-5-17-4-2-1-3-10(17)18/h1-6,11,14H,7-8,16H2/t11-,14-/m1/s1. The van der Waals surface area contributed by atoms with Crippen LogP contribution in [0.4, 0.5) is 0 Å². The highest BCUT2D eigenvalue weighted by molar-refractivity contribution is 8.00. The summed E-state index contributed by atoms with van der Waals surface area (Å²) in [5.74, 6) is -1.16. The number of amides is 1. The van der Waals surface area contributed by atoms with Gasteiger partial charge in [0.2, 0.25) is 5.91 Å². The first kappa shape index (κ1) is 14.3. The van der Waals surface area contributed by atoms with Gasteiger partial charge in [-0.05, 0) is 6.07 Å². The highest BCUT2D eigenvalue weighted by atomic mass is 32.2. The summed E-state index contributed by atoms with van der Waals surface area (Å²) in [5.41, 5.74) is 7.32. The molecule has 1 fully saturated rings. The van der Waals surface area contributed by atoms with Crippen molar-refractivity contribution in [3.05, 3.63) is 48.1 Å². The number of carboxylic acids is 1. The van der Waals surface area contributed by atoms with Crippen LogP contribution in [0.2, 0.25) is 0 Å². The van der Waals surface area contributed by atoms with E-state index in [1.807, 2.05) is 45.8 Å². The SMILES string of the molecule is N[C@@H]1C(=O)N2C(C(=O)[O-])=C(Cn3cc[n+]4ccccc34)CS[C@H]12. The first-order valence-corrected chi connectivity index (χ1v) is 8.21. The Morgan fingerprint density at radius 3 is 3.04 bits per heavy atom. The minimum Gasteiger partial charge on any atom is -0.543 e. The van der Waals surface area contributed by atoms with Crippen molar-refractivity contribution in [2.24, 2.45) is 5.73 Å². The number of fused-ring (bicyclic) bond motifs is 2. The van der Waals surface area contributed by atoms with Crippen LogP contribution in [-0.2, 0) is 16.1 Å². The summed E-state index contributed by atoms with van der Waals surface area (Å²) in [6, 6.07) is 5.16. The lowest BCUT2D eigenvalue weighted by Gasteiger charge is -2.49. The second-order valence-electron chi connectivity index (χ2n) is 5.57. The van der Waals surface area contributed by atoms with Crippen LogP contribution in [0.5, 0.6) is 0 Å². The molecule has 0 spiro atoms. The fraction of sp³-hybridized carbons (Fsp3) is 0.267. The van der Waals surface area contributed by atoms with Gasteiger partial charge in [-0.15, -0.1) is 11.8 Å². The molecule has 4 heterocycles. The number of nitrogens with zero attached hydrogens (tertiary/aromatic N) is 3. The van der Waals surface area contributed by atoms with Gasteiger partial charge in [0.15, 0.2) is 0 Å². The average Bonchev–Trinajstić information content (AvgIpc) is 2.96. The number of aromatic nitrogens is 2. The van der Waals surface area contributed by atoms with Crippen molar-refractivity contribution < 1.29 is 19.1 Å². The third-order valence-corrected chi connectivity index (χ3v) is 5.57. The number of rotatable bonds is 3. The Balaban J connectivity index is 1.74. The van der Waals surface area contributed by atoms with Gasteiger partial charge in [-0.3, -0.25) is 9.69 Å². The van der Waals surface area contributed by atoms with Crippen LogP contribution in [0.25, 0.3) is 5.65 Å². The molecular weight excluding hydrogens is 316 g/mol. The predicted molar refractivity (Wildman–Crippen MR) is 80.7 cm³/mol. The maximum Gasteiger partial charge on any atom is 0.286 e. The van der Waals surface area contributed by atoms with Gasteiger partial charge in [-0.25, -0.2) is 8.97 Å². The number of imidazole rings is 1. The molecule has 0 saturated carbocycles. The average molecular weight is 330 g/mol. The summed E-state index contributed by atoms with van der Waals surface area (Å²) in [6.07, 6.45) is 5.71. The molecule has 2 atom stereocenters. The van der Waals surface area contributed by atoms with Gasteiger partial charge in [-0.1, -0.05) is 6.07 Å². The molecule has 1 amide bonds. The second kappa shape index (κ2) is 5.10.